The van der Waals surface area contributed by atoms with Gasteiger partial charge in [0.25, 0.3) is 5.91 Å². The van der Waals surface area contributed by atoms with Crippen LogP contribution in [-0.2, 0) is 23.4 Å². The van der Waals surface area contributed by atoms with Crippen LogP contribution in [0.15, 0.2) is 89.9 Å². The Balaban J connectivity index is 0.000000644. The minimum atomic E-state index is -5.08. The molecule has 0 radical (unpaired) electrons. The second-order valence-corrected chi connectivity index (χ2v) is 11.6. The summed E-state index contributed by atoms with van der Waals surface area (Å²) in [4.78, 5) is 41.0. The highest BCUT2D eigenvalue weighted by Crippen LogP contribution is 2.36. The van der Waals surface area contributed by atoms with Crippen LogP contribution in [-0.4, -0.2) is 34.8 Å². The third-order valence-corrected chi connectivity index (χ3v) is 7.19. The van der Waals surface area contributed by atoms with Crippen LogP contribution in [0.3, 0.4) is 0 Å². The van der Waals surface area contributed by atoms with E-state index in [1.807, 2.05) is 75.4 Å². The molecule has 0 aliphatic carbocycles. The number of hydrogen-bond acceptors (Lipinski definition) is 7. The zero-order valence-corrected chi connectivity index (χ0v) is 25.8. The molecule has 0 saturated heterocycles. The summed E-state index contributed by atoms with van der Waals surface area (Å²) in [5.74, 6) is -2.77. The fourth-order valence-corrected chi connectivity index (χ4v) is 4.83. The number of carboxylic acid groups (broad SMARTS) is 1. The van der Waals surface area contributed by atoms with E-state index in [4.69, 9.17) is 26.1 Å². The number of nitrogens with one attached hydrogen (secondary N) is 1. The van der Waals surface area contributed by atoms with E-state index in [1.165, 1.54) is 0 Å². The van der Waals surface area contributed by atoms with Gasteiger partial charge in [0.05, 0.1) is 23.5 Å². The van der Waals surface area contributed by atoms with Gasteiger partial charge in [0.1, 0.15) is 18.2 Å². The van der Waals surface area contributed by atoms with Gasteiger partial charge in [-0.1, -0.05) is 81.4 Å². The zero-order chi connectivity index (χ0) is 34.5. The number of carbonyl (C=O) groups is 3. The summed E-state index contributed by atoms with van der Waals surface area (Å²) < 4.78 is 37.9. The lowest BCUT2D eigenvalue weighted by Crippen LogP contribution is -2.23. The number of aliphatic imine (C=N–C) groups is 1. The van der Waals surface area contributed by atoms with E-state index in [0.29, 0.717) is 29.3 Å². The van der Waals surface area contributed by atoms with E-state index in [0.717, 1.165) is 22.3 Å². The molecule has 0 atom stereocenters. The normalized spacial score (nSPS) is 12.3. The van der Waals surface area contributed by atoms with Gasteiger partial charge in [-0.2, -0.15) is 13.2 Å². The Morgan fingerprint density at radius 1 is 0.915 bits per heavy atom. The first-order valence-corrected chi connectivity index (χ1v) is 14.4. The molecule has 0 unspecified atom stereocenters. The van der Waals surface area contributed by atoms with Crippen molar-refractivity contribution >= 4 is 34.9 Å². The largest absolute Gasteiger partial charge is 0.490 e. The lowest BCUT2D eigenvalue weighted by Gasteiger charge is -2.23. The van der Waals surface area contributed by atoms with Gasteiger partial charge >= 0.3 is 12.1 Å². The van der Waals surface area contributed by atoms with Crippen molar-refractivity contribution in [2.24, 2.45) is 10.7 Å². The first kappa shape index (κ1) is 34.2. The minimum absolute atomic E-state index is 0.172. The number of nitrogens with zero attached hydrogens (tertiary/aromatic N) is 1. The molecular weight excluding hydrogens is 613 g/mol. The van der Waals surface area contributed by atoms with E-state index < -0.39 is 12.1 Å². The first-order chi connectivity index (χ1) is 22.1. The van der Waals surface area contributed by atoms with Crippen LogP contribution < -0.4 is 21.5 Å². The molecule has 5 rings (SSSR count). The van der Waals surface area contributed by atoms with Crippen molar-refractivity contribution in [1.82, 2.24) is 0 Å². The molecule has 0 fully saturated rings. The Morgan fingerprint density at radius 2 is 1.55 bits per heavy atom. The van der Waals surface area contributed by atoms with Crippen molar-refractivity contribution in [2.75, 3.05) is 11.1 Å². The third-order valence-electron chi connectivity index (χ3n) is 7.19. The molecule has 9 nitrogen and oxygen atoms in total. The number of nitrogen functional groups attached to an aromatic ring is 1. The average molecular weight is 647 g/mol. The number of aliphatic carboxylic acids is 1. The Bertz CT molecular complexity index is 1850. The Morgan fingerprint density at radius 3 is 2.19 bits per heavy atom. The smallest absolute Gasteiger partial charge is 0.488 e. The molecule has 4 aromatic rings. The van der Waals surface area contributed by atoms with Crippen molar-refractivity contribution in [3.8, 4) is 5.75 Å². The number of carbonyl (C=O) groups excluding carboxylic acids is 2. The Hall–Kier alpha value is -5.65. The highest BCUT2D eigenvalue weighted by atomic mass is 19.4. The molecule has 4 aromatic carbocycles. The number of amides is 1. The third kappa shape index (κ3) is 8.15. The second-order valence-electron chi connectivity index (χ2n) is 11.6. The number of amidine groups is 1. The number of rotatable bonds is 7. The van der Waals surface area contributed by atoms with Gasteiger partial charge in [-0.15, -0.1) is 0 Å². The summed E-state index contributed by atoms with van der Waals surface area (Å²) in [6.07, 6.45) is -5.08. The standard InChI is InChI=1S/C33H32N4O3.C2HF3O2/c1-33(2,3)25-12-8-7-11-23(25)32(39)37-29-26(34)15-16-27(40-19-20-9-5-4-6-10-20)28(29)30(38)21-13-14-22-18-36-31(35)24(22)17-21;3-2(4,5)1(6)7/h4-17H,18-19,34H2,1-3H3,(H2,35,36)(H,37,39);(H,6,7). The molecule has 12 heteroatoms. The van der Waals surface area contributed by atoms with E-state index in [1.54, 1.807) is 30.3 Å². The molecule has 47 heavy (non-hydrogen) atoms. The van der Waals surface area contributed by atoms with Gasteiger partial charge in [0.15, 0.2) is 5.78 Å². The van der Waals surface area contributed by atoms with Gasteiger partial charge in [0.2, 0.25) is 0 Å². The van der Waals surface area contributed by atoms with E-state index >= 15 is 0 Å². The van der Waals surface area contributed by atoms with Gasteiger partial charge in [0, 0.05) is 16.7 Å². The minimum Gasteiger partial charge on any atom is -0.488 e. The van der Waals surface area contributed by atoms with Crippen LogP contribution in [0, 0.1) is 0 Å². The molecule has 1 aliphatic heterocycles. The molecule has 6 N–H and O–H groups in total. The number of alkyl halides is 3. The molecule has 0 saturated carbocycles. The molecule has 1 aliphatic rings. The second kappa shape index (κ2) is 13.8. The van der Waals surface area contributed by atoms with Crippen molar-refractivity contribution in [3.05, 3.63) is 124 Å². The summed E-state index contributed by atoms with van der Waals surface area (Å²) in [5, 5.41) is 10.1. The predicted molar refractivity (Wildman–Crippen MR) is 173 cm³/mol. The SMILES string of the molecule is CC(C)(C)c1ccccc1C(=O)Nc1c(N)ccc(OCc2ccccc2)c1C(=O)c1ccc2c(c1)C(N)=NC2.O=C(O)C(F)(F)F. The summed E-state index contributed by atoms with van der Waals surface area (Å²) in [6, 6.07) is 25.7. The maximum Gasteiger partial charge on any atom is 0.490 e. The van der Waals surface area contributed by atoms with Crippen molar-refractivity contribution < 1.29 is 37.4 Å². The fourth-order valence-electron chi connectivity index (χ4n) is 4.83. The molecular formula is C35H33F3N4O5. The average Bonchev–Trinajstić information content (AvgIpc) is 3.40. The Kier molecular flexibility index (Phi) is 10.0. The van der Waals surface area contributed by atoms with Crippen molar-refractivity contribution in [2.45, 2.75) is 45.5 Å². The Labute approximate surface area is 269 Å². The monoisotopic (exact) mass is 646 g/mol. The number of carboxylic acids is 1. The topological polar surface area (TPSA) is 157 Å². The highest BCUT2D eigenvalue weighted by molar-refractivity contribution is 6.19. The van der Waals surface area contributed by atoms with E-state index in [9.17, 15) is 22.8 Å². The lowest BCUT2D eigenvalue weighted by atomic mass is 9.83. The molecule has 0 spiro atoms. The van der Waals surface area contributed by atoms with Crippen LogP contribution in [0.5, 0.6) is 5.75 Å². The van der Waals surface area contributed by atoms with Crippen LogP contribution in [0.2, 0.25) is 0 Å². The molecule has 244 valence electrons. The summed E-state index contributed by atoms with van der Waals surface area (Å²) in [7, 11) is 0. The van der Waals surface area contributed by atoms with Gasteiger partial charge in [-0.25, -0.2) is 4.79 Å². The molecule has 0 bridgehead atoms. The van der Waals surface area contributed by atoms with Crippen molar-refractivity contribution in [3.63, 3.8) is 0 Å². The summed E-state index contributed by atoms with van der Waals surface area (Å²) >= 11 is 0. The number of anilines is 2. The summed E-state index contributed by atoms with van der Waals surface area (Å²) in [5.41, 5.74) is 17.2. The number of hydrogen-bond donors (Lipinski definition) is 4. The van der Waals surface area contributed by atoms with Gasteiger partial charge < -0.3 is 26.6 Å². The molecule has 0 aromatic heterocycles. The maximum atomic E-state index is 14.1. The van der Waals surface area contributed by atoms with Gasteiger partial charge in [-0.05, 0) is 46.4 Å². The number of benzene rings is 4. The van der Waals surface area contributed by atoms with E-state index in [-0.39, 0.29) is 40.7 Å². The molecule has 1 heterocycles. The maximum absolute atomic E-state index is 14.1. The van der Waals surface area contributed by atoms with Gasteiger partial charge in [-0.3, -0.25) is 14.6 Å². The first-order valence-electron chi connectivity index (χ1n) is 14.4. The highest BCUT2D eigenvalue weighted by Gasteiger charge is 2.38. The number of ketones is 1. The van der Waals surface area contributed by atoms with Crippen LogP contribution in [0.1, 0.15) is 69.3 Å². The number of nitrogens with two attached hydrogens (primary N) is 2. The van der Waals surface area contributed by atoms with Crippen molar-refractivity contribution in [1.29, 1.82) is 0 Å². The fraction of sp³-hybridized carbons (Fsp3) is 0.200. The quantitative estimate of drug-likeness (QED) is 0.132. The van der Waals surface area contributed by atoms with Crippen LogP contribution in [0.4, 0.5) is 24.5 Å². The zero-order valence-electron chi connectivity index (χ0n) is 25.8. The number of ether oxygens (including phenoxy) is 1. The summed E-state index contributed by atoms with van der Waals surface area (Å²) in [6.45, 7) is 6.85. The molecule has 1 amide bonds. The van der Waals surface area contributed by atoms with E-state index in [2.05, 4.69) is 10.3 Å². The lowest BCUT2D eigenvalue weighted by molar-refractivity contribution is -0.192. The van der Waals surface area contributed by atoms with Crippen LogP contribution in [0.25, 0.3) is 0 Å². The van der Waals surface area contributed by atoms with Crippen LogP contribution >= 0.6 is 0 Å². The predicted octanol–water partition coefficient (Wildman–Crippen LogP) is 6.48. The number of halogens is 3. The number of fused-ring (bicyclic) bond motifs is 1.